The third kappa shape index (κ3) is 5.02. The number of aromatic nitrogens is 1. The highest BCUT2D eigenvalue weighted by Gasteiger charge is 2.07. The molecule has 0 saturated heterocycles. The number of amides is 2. The Morgan fingerprint density at radius 3 is 2.19 bits per heavy atom. The molecule has 0 atom stereocenters. The lowest BCUT2D eigenvalue weighted by Gasteiger charge is -2.08. The van der Waals surface area contributed by atoms with E-state index in [0.29, 0.717) is 23.0 Å². The van der Waals surface area contributed by atoms with Gasteiger partial charge < -0.3 is 15.4 Å². The highest BCUT2D eigenvalue weighted by Crippen LogP contribution is 2.21. The van der Waals surface area contributed by atoms with Crippen LogP contribution in [0.15, 0.2) is 66.9 Å². The monoisotopic (exact) mass is 364 g/mol. The first-order chi connectivity index (χ1) is 13.0. The molecule has 0 bridgehead atoms. The molecule has 0 aliphatic carbocycles. The first kappa shape index (κ1) is 17.9. The zero-order valence-electron chi connectivity index (χ0n) is 14.4. The quantitative estimate of drug-likeness (QED) is 0.502. The molecule has 27 heavy (non-hydrogen) atoms. The van der Waals surface area contributed by atoms with Crippen molar-refractivity contribution in [3.05, 3.63) is 82.5 Å². The Balaban J connectivity index is 1.56. The molecule has 1 aromatic heterocycles. The number of non-ortho nitro benzene ring substituents is 1. The largest absolute Gasteiger partial charge is 0.439 e. The number of hydrogen-bond donors (Lipinski definition) is 2. The van der Waals surface area contributed by atoms with Crippen LogP contribution in [-0.4, -0.2) is 15.9 Å². The van der Waals surface area contributed by atoms with E-state index in [2.05, 4.69) is 15.6 Å². The predicted octanol–water partition coefficient (Wildman–Crippen LogP) is 4.73. The molecule has 0 radical (unpaired) electrons. The molecule has 8 heteroatoms. The van der Waals surface area contributed by atoms with Gasteiger partial charge in [-0.15, -0.1) is 0 Å². The number of nitrogens with zero attached hydrogens (tertiary/aromatic N) is 2. The Hall–Kier alpha value is -3.94. The highest BCUT2D eigenvalue weighted by atomic mass is 16.6. The standard InChI is InChI=1S/C19H16N4O4/c1-13-2-9-17(10-3-13)27-18-11-6-15(12-20-18)22-19(24)21-14-4-7-16(8-5-14)23(25)26/h2-12H,1H3,(H2,21,22,24). The SMILES string of the molecule is Cc1ccc(Oc2ccc(NC(=O)Nc3ccc([N+](=O)[O-])cc3)cn2)cc1. The van der Waals surface area contributed by atoms with Crippen molar-refractivity contribution in [3.63, 3.8) is 0 Å². The van der Waals surface area contributed by atoms with Gasteiger partial charge >= 0.3 is 6.03 Å². The fraction of sp³-hybridized carbons (Fsp3) is 0.0526. The van der Waals surface area contributed by atoms with Crippen molar-refractivity contribution in [2.24, 2.45) is 0 Å². The van der Waals surface area contributed by atoms with Crippen molar-refractivity contribution in [1.29, 1.82) is 0 Å². The average Bonchev–Trinajstić information content (AvgIpc) is 2.65. The normalized spacial score (nSPS) is 10.1. The number of hydrogen-bond acceptors (Lipinski definition) is 5. The Morgan fingerprint density at radius 2 is 1.59 bits per heavy atom. The van der Waals surface area contributed by atoms with Crippen molar-refractivity contribution in [3.8, 4) is 11.6 Å². The first-order valence-electron chi connectivity index (χ1n) is 8.03. The summed E-state index contributed by atoms with van der Waals surface area (Å²) in [6.45, 7) is 1.99. The molecule has 1 heterocycles. The maximum atomic E-state index is 12.0. The van der Waals surface area contributed by atoms with Gasteiger partial charge in [-0.2, -0.15) is 0 Å². The number of urea groups is 1. The smallest absolute Gasteiger partial charge is 0.323 e. The fourth-order valence-corrected chi connectivity index (χ4v) is 2.20. The van der Waals surface area contributed by atoms with Crippen LogP contribution in [0, 0.1) is 17.0 Å². The van der Waals surface area contributed by atoms with E-state index in [-0.39, 0.29) is 5.69 Å². The Labute approximate surface area is 155 Å². The molecule has 0 unspecified atom stereocenters. The lowest BCUT2D eigenvalue weighted by atomic mass is 10.2. The summed E-state index contributed by atoms with van der Waals surface area (Å²) >= 11 is 0. The van der Waals surface area contributed by atoms with Crippen LogP contribution in [0.3, 0.4) is 0 Å². The van der Waals surface area contributed by atoms with E-state index in [1.807, 2.05) is 31.2 Å². The summed E-state index contributed by atoms with van der Waals surface area (Å²) in [5.41, 5.74) is 2.00. The number of ether oxygens (including phenoxy) is 1. The van der Waals surface area contributed by atoms with Gasteiger partial charge in [0.05, 0.1) is 16.8 Å². The molecule has 2 N–H and O–H groups in total. The van der Waals surface area contributed by atoms with Crippen molar-refractivity contribution >= 4 is 23.1 Å². The van der Waals surface area contributed by atoms with E-state index < -0.39 is 11.0 Å². The van der Waals surface area contributed by atoms with Crippen LogP contribution in [-0.2, 0) is 0 Å². The van der Waals surface area contributed by atoms with Crippen LogP contribution < -0.4 is 15.4 Å². The fourth-order valence-electron chi connectivity index (χ4n) is 2.20. The molecule has 8 nitrogen and oxygen atoms in total. The number of anilines is 2. The molecule has 3 aromatic rings. The van der Waals surface area contributed by atoms with Crippen LogP contribution in [0.25, 0.3) is 0 Å². The van der Waals surface area contributed by atoms with Crippen LogP contribution in [0.5, 0.6) is 11.6 Å². The third-order valence-electron chi connectivity index (χ3n) is 3.57. The second-order valence-electron chi connectivity index (χ2n) is 5.68. The molecule has 2 aromatic carbocycles. The van der Waals surface area contributed by atoms with Gasteiger partial charge in [0.15, 0.2) is 0 Å². The van der Waals surface area contributed by atoms with E-state index >= 15 is 0 Å². The zero-order chi connectivity index (χ0) is 19.2. The molecular formula is C19H16N4O4. The lowest BCUT2D eigenvalue weighted by molar-refractivity contribution is -0.384. The zero-order valence-corrected chi connectivity index (χ0v) is 14.4. The third-order valence-corrected chi connectivity index (χ3v) is 3.57. The van der Waals surface area contributed by atoms with Crippen LogP contribution in [0.4, 0.5) is 21.9 Å². The van der Waals surface area contributed by atoms with Gasteiger partial charge in [0.2, 0.25) is 5.88 Å². The second kappa shape index (κ2) is 7.96. The number of carbonyl (C=O) groups is 1. The Kier molecular flexibility index (Phi) is 5.27. The molecular weight excluding hydrogens is 348 g/mol. The summed E-state index contributed by atoms with van der Waals surface area (Å²) < 4.78 is 5.63. The van der Waals surface area contributed by atoms with E-state index in [4.69, 9.17) is 4.74 Å². The predicted molar refractivity (Wildman–Crippen MR) is 101 cm³/mol. The molecule has 0 saturated carbocycles. The summed E-state index contributed by atoms with van der Waals surface area (Å²) in [4.78, 5) is 26.3. The lowest BCUT2D eigenvalue weighted by Crippen LogP contribution is -2.19. The van der Waals surface area contributed by atoms with Gasteiger partial charge in [-0.3, -0.25) is 10.1 Å². The van der Waals surface area contributed by atoms with Crippen LogP contribution >= 0.6 is 0 Å². The number of pyridine rings is 1. The summed E-state index contributed by atoms with van der Waals surface area (Å²) in [6.07, 6.45) is 1.47. The minimum atomic E-state index is -0.504. The van der Waals surface area contributed by atoms with Gasteiger partial charge in [-0.25, -0.2) is 9.78 Å². The van der Waals surface area contributed by atoms with Crippen molar-refractivity contribution in [2.75, 3.05) is 10.6 Å². The van der Waals surface area contributed by atoms with Crippen LogP contribution in [0.2, 0.25) is 0 Å². The number of aryl methyl sites for hydroxylation is 1. The average molecular weight is 364 g/mol. The molecule has 0 aliphatic rings. The summed E-state index contributed by atoms with van der Waals surface area (Å²) in [5, 5.41) is 15.8. The number of nitro benzene ring substituents is 1. The maximum Gasteiger partial charge on any atom is 0.323 e. The van der Waals surface area contributed by atoms with E-state index in [1.54, 1.807) is 12.1 Å². The number of nitrogens with one attached hydrogen (secondary N) is 2. The molecule has 0 spiro atoms. The number of carbonyl (C=O) groups excluding carboxylic acids is 1. The number of rotatable bonds is 5. The minimum Gasteiger partial charge on any atom is -0.439 e. The Morgan fingerprint density at radius 1 is 0.963 bits per heavy atom. The van der Waals surface area contributed by atoms with E-state index in [1.165, 1.54) is 30.5 Å². The maximum absolute atomic E-state index is 12.0. The highest BCUT2D eigenvalue weighted by molar-refractivity contribution is 5.99. The Bertz CT molecular complexity index is 939. The van der Waals surface area contributed by atoms with Gasteiger partial charge in [-0.1, -0.05) is 17.7 Å². The van der Waals surface area contributed by atoms with Crippen molar-refractivity contribution < 1.29 is 14.5 Å². The van der Waals surface area contributed by atoms with E-state index in [9.17, 15) is 14.9 Å². The van der Waals surface area contributed by atoms with E-state index in [0.717, 1.165) is 5.56 Å². The second-order valence-corrected chi connectivity index (χ2v) is 5.68. The van der Waals surface area contributed by atoms with Gasteiger partial charge in [0.1, 0.15) is 5.75 Å². The first-order valence-corrected chi connectivity index (χ1v) is 8.03. The minimum absolute atomic E-state index is 0.0469. The number of nitro groups is 1. The van der Waals surface area contributed by atoms with Gasteiger partial charge in [-0.05, 0) is 37.3 Å². The summed E-state index contributed by atoms with van der Waals surface area (Å²) in [7, 11) is 0. The molecule has 0 fully saturated rings. The van der Waals surface area contributed by atoms with Crippen molar-refractivity contribution in [1.82, 2.24) is 4.98 Å². The van der Waals surface area contributed by atoms with Gasteiger partial charge in [0, 0.05) is 23.9 Å². The van der Waals surface area contributed by atoms with Gasteiger partial charge in [0.25, 0.3) is 5.69 Å². The molecule has 2 amide bonds. The molecule has 0 aliphatic heterocycles. The van der Waals surface area contributed by atoms with Crippen LogP contribution in [0.1, 0.15) is 5.56 Å². The number of benzene rings is 2. The molecule has 3 rings (SSSR count). The van der Waals surface area contributed by atoms with Crippen molar-refractivity contribution in [2.45, 2.75) is 6.92 Å². The molecule has 136 valence electrons. The summed E-state index contributed by atoms with van der Waals surface area (Å²) in [5.74, 6) is 1.07. The topological polar surface area (TPSA) is 106 Å². The summed E-state index contributed by atoms with van der Waals surface area (Å²) in [6, 6.07) is 15.9.